The van der Waals surface area contributed by atoms with Crippen molar-refractivity contribution in [2.75, 3.05) is 26.2 Å². The molecule has 1 amide bonds. The molecule has 1 N–H and O–H groups in total. The predicted octanol–water partition coefficient (Wildman–Crippen LogP) is 9.59. The summed E-state index contributed by atoms with van der Waals surface area (Å²) in [6.07, 6.45) is 23.2. The zero-order chi connectivity index (χ0) is 26.7. The monoisotopic (exact) mass is 520 g/mol. The number of halogens is 3. The molecule has 0 aromatic rings. The van der Waals surface area contributed by atoms with Crippen LogP contribution >= 0.6 is 0 Å². The van der Waals surface area contributed by atoms with Crippen LogP contribution in [-0.4, -0.2) is 43.2 Å². The first-order chi connectivity index (χ1) is 17.4. The summed E-state index contributed by atoms with van der Waals surface area (Å²) in [5, 5.41) is 1.93. The Labute approximate surface area is 221 Å². The standard InChI is InChI=1S/C30H59F3N2O/c1-3-5-7-8-9-14-17-20-23-27-35(26-6-4-2)28-24-21-18-15-12-10-11-13-16-19-22-25-34-29(36)30(31,32)33/h3-28H2,1-2H3,(H,34,36). The Kier molecular flexibility index (Phi) is 25.3. The fourth-order valence-electron chi connectivity index (χ4n) is 4.72. The van der Waals surface area contributed by atoms with Gasteiger partial charge in [0.15, 0.2) is 0 Å². The van der Waals surface area contributed by atoms with Crippen molar-refractivity contribution < 1.29 is 18.0 Å². The van der Waals surface area contributed by atoms with E-state index >= 15 is 0 Å². The second-order valence-electron chi connectivity index (χ2n) is 10.7. The summed E-state index contributed by atoms with van der Waals surface area (Å²) in [5.41, 5.74) is 0. The van der Waals surface area contributed by atoms with Crippen LogP contribution in [0.3, 0.4) is 0 Å². The van der Waals surface area contributed by atoms with Crippen LogP contribution in [-0.2, 0) is 4.79 Å². The molecular formula is C30H59F3N2O. The molecule has 36 heavy (non-hydrogen) atoms. The third kappa shape index (κ3) is 24.9. The number of unbranched alkanes of at least 4 members (excludes halogenated alkanes) is 19. The molecule has 3 nitrogen and oxygen atoms in total. The summed E-state index contributed by atoms with van der Waals surface area (Å²) in [7, 11) is 0. The van der Waals surface area contributed by atoms with E-state index in [1.807, 2.05) is 5.32 Å². The van der Waals surface area contributed by atoms with Gasteiger partial charge in [0.2, 0.25) is 0 Å². The number of hydrogen-bond donors (Lipinski definition) is 1. The van der Waals surface area contributed by atoms with Crippen LogP contribution in [0.25, 0.3) is 0 Å². The minimum atomic E-state index is -4.76. The number of carbonyl (C=O) groups is 1. The van der Waals surface area contributed by atoms with Gasteiger partial charge in [0.05, 0.1) is 0 Å². The average molecular weight is 521 g/mol. The van der Waals surface area contributed by atoms with E-state index < -0.39 is 12.1 Å². The highest BCUT2D eigenvalue weighted by molar-refractivity contribution is 5.81. The molecule has 0 atom stereocenters. The van der Waals surface area contributed by atoms with E-state index in [-0.39, 0.29) is 6.54 Å². The Balaban J connectivity index is 3.52. The van der Waals surface area contributed by atoms with Crippen LogP contribution < -0.4 is 5.32 Å². The molecule has 0 fully saturated rings. The highest BCUT2D eigenvalue weighted by atomic mass is 19.4. The lowest BCUT2D eigenvalue weighted by Crippen LogP contribution is -2.37. The van der Waals surface area contributed by atoms with Crippen LogP contribution in [0.2, 0.25) is 0 Å². The number of nitrogens with one attached hydrogen (secondary N) is 1. The van der Waals surface area contributed by atoms with Crippen molar-refractivity contribution in [3.8, 4) is 0 Å². The predicted molar refractivity (Wildman–Crippen MR) is 148 cm³/mol. The van der Waals surface area contributed by atoms with Gasteiger partial charge in [-0.1, -0.05) is 129 Å². The minimum Gasteiger partial charge on any atom is -0.348 e. The first kappa shape index (κ1) is 35.2. The third-order valence-corrected chi connectivity index (χ3v) is 7.10. The lowest BCUT2D eigenvalue weighted by molar-refractivity contribution is -0.173. The van der Waals surface area contributed by atoms with Crippen molar-refractivity contribution in [2.45, 2.75) is 161 Å². The first-order valence-corrected chi connectivity index (χ1v) is 15.5. The summed E-state index contributed by atoms with van der Waals surface area (Å²) in [6, 6.07) is 0. The molecule has 0 saturated carbocycles. The molecule has 6 heteroatoms. The Morgan fingerprint density at radius 2 is 0.861 bits per heavy atom. The normalized spacial score (nSPS) is 11.9. The topological polar surface area (TPSA) is 32.3 Å². The molecule has 0 aliphatic rings. The van der Waals surface area contributed by atoms with Crippen molar-refractivity contribution >= 4 is 5.91 Å². The molecule has 0 aromatic carbocycles. The van der Waals surface area contributed by atoms with Crippen LogP contribution in [0.15, 0.2) is 0 Å². The lowest BCUT2D eigenvalue weighted by atomic mass is 10.1. The van der Waals surface area contributed by atoms with E-state index in [1.54, 1.807) is 0 Å². The van der Waals surface area contributed by atoms with Gasteiger partial charge in [0.25, 0.3) is 0 Å². The van der Waals surface area contributed by atoms with Crippen molar-refractivity contribution in [1.82, 2.24) is 10.2 Å². The van der Waals surface area contributed by atoms with E-state index in [1.165, 1.54) is 135 Å². The highest BCUT2D eigenvalue weighted by Crippen LogP contribution is 2.15. The zero-order valence-electron chi connectivity index (χ0n) is 23.9. The van der Waals surface area contributed by atoms with Crippen LogP contribution in [0.5, 0.6) is 0 Å². The molecule has 0 saturated heterocycles. The Morgan fingerprint density at radius 3 is 1.25 bits per heavy atom. The lowest BCUT2D eigenvalue weighted by Gasteiger charge is -2.22. The fourth-order valence-corrected chi connectivity index (χ4v) is 4.72. The van der Waals surface area contributed by atoms with Gasteiger partial charge in [-0.15, -0.1) is 0 Å². The van der Waals surface area contributed by atoms with Gasteiger partial charge in [-0.25, -0.2) is 0 Å². The quantitative estimate of drug-likeness (QED) is 0.109. The Morgan fingerprint density at radius 1 is 0.528 bits per heavy atom. The summed E-state index contributed by atoms with van der Waals surface area (Å²) in [4.78, 5) is 13.4. The molecule has 0 aromatic heterocycles. The maximum absolute atomic E-state index is 12.1. The molecule has 0 aliphatic carbocycles. The number of carbonyl (C=O) groups excluding carboxylic acids is 1. The van der Waals surface area contributed by atoms with E-state index in [0.29, 0.717) is 6.42 Å². The van der Waals surface area contributed by atoms with Gasteiger partial charge < -0.3 is 10.2 Å². The second-order valence-corrected chi connectivity index (χ2v) is 10.7. The van der Waals surface area contributed by atoms with Gasteiger partial charge in [-0.3, -0.25) is 4.79 Å². The largest absolute Gasteiger partial charge is 0.471 e. The van der Waals surface area contributed by atoms with Gasteiger partial charge in [-0.05, 0) is 45.3 Å². The van der Waals surface area contributed by atoms with Crippen molar-refractivity contribution in [3.05, 3.63) is 0 Å². The molecule has 0 rings (SSSR count). The zero-order valence-corrected chi connectivity index (χ0v) is 23.9. The van der Waals surface area contributed by atoms with Crippen LogP contribution in [0.4, 0.5) is 13.2 Å². The smallest absolute Gasteiger partial charge is 0.348 e. The second kappa shape index (κ2) is 25.9. The molecule has 0 unspecified atom stereocenters. The third-order valence-electron chi connectivity index (χ3n) is 7.10. The summed E-state index contributed by atoms with van der Waals surface area (Å²) < 4.78 is 36.2. The van der Waals surface area contributed by atoms with E-state index in [9.17, 15) is 18.0 Å². The van der Waals surface area contributed by atoms with Gasteiger partial charge in [-0.2, -0.15) is 13.2 Å². The Hall–Kier alpha value is -0.780. The van der Waals surface area contributed by atoms with Gasteiger partial charge in [0.1, 0.15) is 0 Å². The maximum Gasteiger partial charge on any atom is 0.471 e. The molecule has 0 aliphatic heterocycles. The van der Waals surface area contributed by atoms with Gasteiger partial charge >= 0.3 is 12.1 Å². The van der Waals surface area contributed by atoms with E-state index in [0.717, 1.165) is 19.3 Å². The molecule has 0 radical (unpaired) electrons. The molecule has 0 bridgehead atoms. The molecule has 216 valence electrons. The number of nitrogens with zero attached hydrogens (tertiary/aromatic N) is 1. The van der Waals surface area contributed by atoms with Crippen molar-refractivity contribution in [1.29, 1.82) is 0 Å². The van der Waals surface area contributed by atoms with Crippen LogP contribution in [0.1, 0.15) is 155 Å². The highest BCUT2D eigenvalue weighted by Gasteiger charge is 2.38. The minimum absolute atomic E-state index is 0.118. The maximum atomic E-state index is 12.1. The van der Waals surface area contributed by atoms with E-state index in [2.05, 4.69) is 18.7 Å². The number of hydrogen-bond acceptors (Lipinski definition) is 2. The summed E-state index contributed by atoms with van der Waals surface area (Å²) >= 11 is 0. The number of alkyl halides is 3. The first-order valence-electron chi connectivity index (χ1n) is 15.5. The molecular weight excluding hydrogens is 461 g/mol. The molecule has 0 spiro atoms. The molecule has 0 heterocycles. The van der Waals surface area contributed by atoms with E-state index in [4.69, 9.17) is 0 Å². The summed E-state index contributed by atoms with van der Waals surface area (Å²) in [5.74, 6) is -1.82. The summed E-state index contributed by atoms with van der Waals surface area (Å²) in [6.45, 7) is 8.50. The average Bonchev–Trinajstić information content (AvgIpc) is 2.85. The SMILES string of the molecule is CCCCCCCCCCCN(CCCC)CCCCCCCCCCCCCNC(=O)C(F)(F)F. The fraction of sp³-hybridized carbons (Fsp3) is 0.967. The van der Waals surface area contributed by atoms with Crippen molar-refractivity contribution in [3.63, 3.8) is 0 Å². The van der Waals surface area contributed by atoms with Crippen LogP contribution in [0, 0.1) is 0 Å². The number of rotatable bonds is 27. The Bertz CT molecular complexity index is 472. The van der Waals surface area contributed by atoms with Crippen molar-refractivity contribution in [2.24, 2.45) is 0 Å². The number of amides is 1. The van der Waals surface area contributed by atoms with Gasteiger partial charge in [0, 0.05) is 6.54 Å².